The molecule has 3 amide bonds. The van der Waals surface area contributed by atoms with Gasteiger partial charge in [0.1, 0.15) is 5.75 Å². The molecule has 62 heavy (non-hydrogen) atoms. The number of likely N-dealkylation sites (N-methyl/N-ethyl adjacent to an activating group) is 1. The Labute approximate surface area is 371 Å². The lowest BCUT2D eigenvalue weighted by Crippen LogP contribution is -2.52. The second kappa shape index (κ2) is 18.0. The van der Waals surface area contributed by atoms with E-state index < -0.39 is 21.0 Å². The normalized spacial score (nSPS) is 17.5. The summed E-state index contributed by atoms with van der Waals surface area (Å²) in [6.07, 6.45) is 2.30. The maximum Gasteiger partial charge on any atom is 0.328 e. The Morgan fingerprint density at radius 2 is 1.71 bits per heavy atom. The summed E-state index contributed by atoms with van der Waals surface area (Å²) in [7, 11) is -3.33. The standard InChI is InChI=1S/C46H63N9O5S2/c1-13-44(8,9)33-20-23-38(35(27-33)45(10,11)14-2)60-31(6)41(56)47-28-30(5)40-50-42-46(32(7)51-55(42)52-40)54(43(57)49-36-18-16-17-19-39(36)61-46)37-22-21-34(26-29(37)4)53(15-3)25-24-48-62(12,58)59/h16-23,26-27,30-31,48H,13-15,24-25,28H2,1-12H3,(H,47,56)(H,49,57). The molecule has 6 rings (SSSR count). The number of hydrogen-bond acceptors (Lipinski definition) is 10. The summed E-state index contributed by atoms with van der Waals surface area (Å²) in [6, 6.07) is 19.5. The van der Waals surface area contributed by atoms with Crippen LogP contribution in [0.5, 0.6) is 5.75 Å². The number of sulfonamides is 1. The third kappa shape index (κ3) is 9.37. The number of thioether (sulfide) groups is 1. The summed E-state index contributed by atoms with van der Waals surface area (Å²) in [5, 5.41) is 15.9. The van der Waals surface area contributed by atoms with Crippen LogP contribution in [0, 0.1) is 6.92 Å². The first-order valence-electron chi connectivity index (χ1n) is 21.5. The van der Waals surface area contributed by atoms with Crippen molar-refractivity contribution >= 4 is 56.5 Å². The van der Waals surface area contributed by atoms with E-state index in [4.69, 9.17) is 19.9 Å². The van der Waals surface area contributed by atoms with Gasteiger partial charge in [-0.25, -0.2) is 22.9 Å². The number of urea groups is 1. The van der Waals surface area contributed by atoms with Crippen LogP contribution in [0.1, 0.15) is 116 Å². The first-order chi connectivity index (χ1) is 29.1. The van der Waals surface area contributed by atoms with Gasteiger partial charge in [-0.05, 0) is 98.9 Å². The fourth-order valence-electron chi connectivity index (χ4n) is 7.65. The number of rotatable bonds is 17. The Morgan fingerprint density at radius 1 is 1.00 bits per heavy atom. The Kier molecular flexibility index (Phi) is 13.6. The highest BCUT2D eigenvalue weighted by atomic mass is 32.2. The van der Waals surface area contributed by atoms with Gasteiger partial charge in [0.2, 0.25) is 14.9 Å². The number of carbonyl (C=O) groups excluding carboxylic acids is 2. The zero-order chi connectivity index (χ0) is 45.4. The molecular formula is C46H63N9O5S2. The van der Waals surface area contributed by atoms with Crippen LogP contribution >= 0.6 is 11.8 Å². The largest absolute Gasteiger partial charge is 0.481 e. The van der Waals surface area contributed by atoms with Crippen molar-refractivity contribution in [1.29, 1.82) is 0 Å². The SMILES string of the molecule is CCN(CCNS(C)(=O)=O)c1ccc(N2C(=O)Nc3ccccc3SC23C(C)=Nn2nc(C(C)CNC(=O)C(C)Oc4ccc(C(C)(C)CC)cc4C(C)(C)CC)nc23)c(C)c1. The number of nitrogens with one attached hydrogen (secondary N) is 3. The molecule has 2 aliphatic rings. The molecule has 0 saturated heterocycles. The number of amides is 3. The number of hydrogen-bond donors (Lipinski definition) is 3. The third-order valence-corrected chi connectivity index (χ3v) is 14.7. The Hall–Kier alpha value is -4.93. The zero-order valence-electron chi connectivity index (χ0n) is 38.2. The molecule has 0 radical (unpaired) electrons. The molecule has 2 aliphatic heterocycles. The van der Waals surface area contributed by atoms with E-state index in [9.17, 15) is 18.0 Å². The van der Waals surface area contributed by atoms with Crippen LogP contribution in [-0.2, 0) is 30.5 Å². The minimum atomic E-state index is -3.33. The number of aryl methyl sites for hydroxylation is 1. The van der Waals surface area contributed by atoms with Gasteiger partial charge in [-0.3, -0.25) is 9.69 Å². The lowest BCUT2D eigenvalue weighted by molar-refractivity contribution is -0.127. The first kappa shape index (κ1) is 46.6. The van der Waals surface area contributed by atoms with Crippen molar-refractivity contribution in [3.05, 3.63) is 89.0 Å². The number of ether oxygens (including phenoxy) is 1. The fourth-order valence-corrected chi connectivity index (χ4v) is 9.49. The van der Waals surface area contributed by atoms with Gasteiger partial charge in [0.15, 0.2) is 17.8 Å². The molecule has 0 fully saturated rings. The van der Waals surface area contributed by atoms with E-state index in [1.165, 1.54) is 22.1 Å². The molecular weight excluding hydrogens is 823 g/mol. The molecule has 3 unspecified atom stereocenters. The van der Waals surface area contributed by atoms with E-state index in [1.807, 2.05) is 76.2 Å². The Morgan fingerprint density at radius 3 is 2.37 bits per heavy atom. The number of anilines is 3. The van der Waals surface area contributed by atoms with Gasteiger partial charge in [-0.1, -0.05) is 84.5 Å². The molecule has 0 aliphatic carbocycles. The third-order valence-electron chi connectivity index (χ3n) is 12.4. The molecule has 334 valence electrons. The van der Waals surface area contributed by atoms with Crippen molar-refractivity contribution in [2.75, 3.05) is 47.6 Å². The van der Waals surface area contributed by atoms with E-state index in [0.29, 0.717) is 47.6 Å². The quantitative estimate of drug-likeness (QED) is 0.0948. The molecule has 1 spiro atoms. The van der Waals surface area contributed by atoms with Crippen molar-refractivity contribution in [2.24, 2.45) is 5.10 Å². The van der Waals surface area contributed by atoms with Crippen LogP contribution in [0.25, 0.3) is 0 Å². The van der Waals surface area contributed by atoms with Crippen LogP contribution in [0.15, 0.2) is 70.7 Å². The molecule has 3 N–H and O–H groups in total. The topological polar surface area (TPSA) is 163 Å². The van der Waals surface area contributed by atoms with E-state index >= 15 is 0 Å². The number of benzene rings is 3. The van der Waals surface area contributed by atoms with E-state index in [2.05, 4.69) is 73.9 Å². The van der Waals surface area contributed by atoms with Gasteiger partial charge in [0.05, 0.1) is 23.3 Å². The minimum Gasteiger partial charge on any atom is -0.481 e. The van der Waals surface area contributed by atoms with Gasteiger partial charge in [0, 0.05) is 48.2 Å². The van der Waals surface area contributed by atoms with Gasteiger partial charge in [-0.15, -0.1) is 9.89 Å². The molecule has 14 nitrogen and oxygen atoms in total. The molecule has 1 aromatic heterocycles. The van der Waals surface area contributed by atoms with Gasteiger partial charge >= 0.3 is 6.03 Å². The average molecular weight is 886 g/mol. The Bertz CT molecular complexity index is 2470. The smallest absolute Gasteiger partial charge is 0.328 e. The van der Waals surface area contributed by atoms with Gasteiger partial charge in [-0.2, -0.15) is 5.10 Å². The molecule has 3 aromatic carbocycles. The monoisotopic (exact) mass is 885 g/mol. The molecule has 3 atom stereocenters. The molecule has 4 aromatic rings. The zero-order valence-corrected chi connectivity index (χ0v) is 39.8. The lowest BCUT2D eigenvalue weighted by atomic mass is 9.76. The van der Waals surface area contributed by atoms with Gasteiger partial charge in [0.25, 0.3) is 5.91 Å². The summed E-state index contributed by atoms with van der Waals surface area (Å²) in [5.74, 6) is 1.07. The van der Waals surface area contributed by atoms with E-state index in [-0.39, 0.29) is 41.8 Å². The van der Waals surface area contributed by atoms with Crippen LogP contribution < -0.4 is 29.9 Å². The minimum absolute atomic E-state index is 0.0100. The predicted molar refractivity (Wildman–Crippen MR) is 251 cm³/mol. The number of para-hydroxylation sites is 1. The average Bonchev–Trinajstić information content (AvgIpc) is 3.71. The molecule has 0 bridgehead atoms. The fraction of sp³-hybridized carbons (Fsp3) is 0.500. The van der Waals surface area contributed by atoms with Crippen molar-refractivity contribution < 1.29 is 22.7 Å². The van der Waals surface area contributed by atoms with Crippen molar-refractivity contribution in [1.82, 2.24) is 24.9 Å². The predicted octanol–water partition coefficient (Wildman–Crippen LogP) is 8.26. The lowest BCUT2D eigenvalue weighted by Gasteiger charge is -2.38. The first-order valence-corrected chi connectivity index (χ1v) is 24.2. The van der Waals surface area contributed by atoms with E-state index in [0.717, 1.165) is 40.8 Å². The number of aromatic nitrogens is 3. The van der Waals surface area contributed by atoms with Crippen LogP contribution in [0.2, 0.25) is 0 Å². The summed E-state index contributed by atoms with van der Waals surface area (Å²) in [6.45, 7) is 24.4. The molecule has 0 saturated carbocycles. The summed E-state index contributed by atoms with van der Waals surface area (Å²) < 4.78 is 32.4. The molecule has 16 heteroatoms. The number of carbonyl (C=O) groups is 2. The second-order valence-corrected chi connectivity index (χ2v) is 20.8. The van der Waals surface area contributed by atoms with Crippen molar-refractivity contribution in [2.45, 2.75) is 122 Å². The maximum atomic E-state index is 14.6. The van der Waals surface area contributed by atoms with E-state index in [1.54, 1.807) is 11.8 Å². The summed E-state index contributed by atoms with van der Waals surface area (Å²) in [5.41, 5.74) is 5.83. The molecule has 3 heterocycles. The highest BCUT2D eigenvalue weighted by Gasteiger charge is 2.56. The highest BCUT2D eigenvalue weighted by Crippen LogP contribution is 2.53. The maximum absolute atomic E-state index is 14.6. The van der Waals surface area contributed by atoms with Crippen LogP contribution in [0.4, 0.5) is 21.9 Å². The van der Waals surface area contributed by atoms with Gasteiger partial charge < -0.3 is 20.3 Å². The highest BCUT2D eigenvalue weighted by molar-refractivity contribution is 8.01. The summed E-state index contributed by atoms with van der Waals surface area (Å²) >= 11 is 1.46. The second-order valence-electron chi connectivity index (χ2n) is 17.7. The Balaban J connectivity index is 1.27. The van der Waals surface area contributed by atoms with Crippen molar-refractivity contribution in [3.8, 4) is 5.75 Å². The summed E-state index contributed by atoms with van der Waals surface area (Å²) in [4.78, 5) is 38.2. The van der Waals surface area contributed by atoms with Crippen molar-refractivity contribution in [3.63, 3.8) is 0 Å². The number of fused-ring (bicyclic) bond motifs is 3. The van der Waals surface area contributed by atoms with Crippen LogP contribution in [0.3, 0.4) is 0 Å². The number of nitrogens with zero attached hydrogens (tertiary/aromatic N) is 6. The van der Waals surface area contributed by atoms with Crippen LogP contribution in [-0.4, -0.2) is 79.5 Å².